The average molecular weight is 255 g/mol. The summed E-state index contributed by atoms with van der Waals surface area (Å²) in [5, 5.41) is 0.808. The first kappa shape index (κ1) is 11.0. The summed E-state index contributed by atoms with van der Waals surface area (Å²) in [6.45, 7) is 0. The van der Waals surface area contributed by atoms with Gasteiger partial charge in [-0.15, -0.1) is 0 Å². The van der Waals surface area contributed by atoms with Gasteiger partial charge in [0.2, 0.25) is 0 Å². The van der Waals surface area contributed by atoms with Gasteiger partial charge in [-0.2, -0.15) is 0 Å². The molecule has 2 rings (SSSR count). The number of nitrogens with two attached hydrogens (primary N) is 1. The summed E-state index contributed by atoms with van der Waals surface area (Å²) in [6.07, 6.45) is 3.08. The van der Waals surface area contributed by atoms with E-state index in [0.29, 0.717) is 27.2 Å². The van der Waals surface area contributed by atoms with Crippen LogP contribution in [0, 0.1) is 0 Å². The van der Waals surface area contributed by atoms with Gasteiger partial charge in [-0.25, -0.2) is 0 Å². The Morgan fingerprint density at radius 3 is 2.75 bits per heavy atom. The molecule has 3 nitrogen and oxygen atoms in total. The van der Waals surface area contributed by atoms with Crippen LogP contribution < -0.4 is 10.5 Å². The Balaban J connectivity index is 2.31. The highest BCUT2D eigenvalue weighted by Crippen LogP contribution is 2.34. The molecule has 2 N–H and O–H groups in total. The first-order valence-corrected chi connectivity index (χ1v) is 5.25. The number of hydrogen-bond acceptors (Lipinski definition) is 3. The monoisotopic (exact) mass is 254 g/mol. The number of ether oxygens (including phenoxy) is 1. The van der Waals surface area contributed by atoms with Crippen molar-refractivity contribution in [2.24, 2.45) is 0 Å². The summed E-state index contributed by atoms with van der Waals surface area (Å²) in [5.74, 6) is 0.991. The van der Waals surface area contributed by atoms with Crippen molar-refractivity contribution in [3.8, 4) is 11.5 Å². The molecule has 0 aliphatic heterocycles. The molecular weight excluding hydrogens is 247 g/mol. The van der Waals surface area contributed by atoms with Gasteiger partial charge in [-0.05, 0) is 12.1 Å². The quantitative estimate of drug-likeness (QED) is 0.888. The van der Waals surface area contributed by atoms with Gasteiger partial charge in [-0.3, -0.25) is 4.98 Å². The van der Waals surface area contributed by atoms with Crippen LogP contribution in [-0.2, 0) is 0 Å². The van der Waals surface area contributed by atoms with Crippen molar-refractivity contribution in [2.75, 3.05) is 5.73 Å². The van der Waals surface area contributed by atoms with Crippen molar-refractivity contribution in [3.05, 3.63) is 46.7 Å². The van der Waals surface area contributed by atoms with Crippen LogP contribution in [0.2, 0.25) is 10.0 Å². The summed E-state index contributed by atoms with van der Waals surface area (Å²) in [6, 6.07) is 6.82. The van der Waals surface area contributed by atoms with Crippen molar-refractivity contribution in [1.82, 2.24) is 4.98 Å². The number of hydrogen-bond donors (Lipinski definition) is 1. The maximum atomic E-state index is 5.97. The van der Waals surface area contributed by atoms with Crippen molar-refractivity contribution in [1.29, 1.82) is 0 Å². The molecule has 0 saturated heterocycles. The van der Waals surface area contributed by atoms with Gasteiger partial charge in [0, 0.05) is 6.07 Å². The highest BCUT2D eigenvalue weighted by Gasteiger charge is 2.06. The van der Waals surface area contributed by atoms with Crippen LogP contribution in [-0.4, -0.2) is 4.98 Å². The predicted octanol–water partition coefficient (Wildman–Crippen LogP) is 3.76. The minimum atomic E-state index is 0.367. The Hall–Kier alpha value is -1.45. The number of nitrogen functional groups attached to an aromatic ring is 1. The number of rotatable bonds is 2. The van der Waals surface area contributed by atoms with Gasteiger partial charge >= 0.3 is 0 Å². The zero-order valence-electron chi connectivity index (χ0n) is 8.15. The van der Waals surface area contributed by atoms with E-state index in [2.05, 4.69) is 4.98 Å². The first-order valence-electron chi connectivity index (χ1n) is 4.49. The van der Waals surface area contributed by atoms with E-state index in [1.807, 2.05) is 0 Å². The summed E-state index contributed by atoms with van der Waals surface area (Å²) in [5.41, 5.74) is 6.10. The Morgan fingerprint density at radius 1 is 1.19 bits per heavy atom. The molecule has 0 atom stereocenters. The summed E-state index contributed by atoms with van der Waals surface area (Å²) in [4.78, 5) is 3.91. The third-order valence-corrected chi connectivity index (χ3v) is 2.68. The van der Waals surface area contributed by atoms with E-state index in [1.165, 1.54) is 6.20 Å². The molecule has 0 radical (unpaired) electrons. The van der Waals surface area contributed by atoms with E-state index >= 15 is 0 Å². The molecule has 1 aromatic carbocycles. The van der Waals surface area contributed by atoms with Gasteiger partial charge in [0.15, 0.2) is 0 Å². The van der Waals surface area contributed by atoms with E-state index in [9.17, 15) is 0 Å². The predicted molar refractivity (Wildman–Crippen MR) is 65.2 cm³/mol. The van der Waals surface area contributed by atoms with Crippen molar-refractivity contribution in [2.45, 2.75) is 0 Å². The highest BCUT2D eigenvalue weighted by atomic mass is 35.5. The normalized spacial score (nSPS) is 10.1. The minimum absolute atomic E-state index is 0.367. The Kier molecular flexibility index (Phi) is 3.17. The van der Waals surface area contributed by atoms with E-state index in [0.717, 1.165) is 0 Å². The SMILES string of the molecule is Nc1cncc(Oc2cccc(Cl)c2Cl)c1. The second kappa shape index (κ2) is 4.60. The molecule has 0 amide bonds. The van der Waals surface area contributed by atoms with Crippen molar-refractivity contribution < 1.29 is 4.74 Å². The molecule has 0 saturated carbocycles. The average Bonchev–Trinajstić information content (AvgIpc) is 2.25. The van der Waals surface area contributed by atoms with Crippen LogP contribution in [0.15, 0.2) is 36.7 Å². The Bertz CT molecular complexity index is 517. The molecule has 0 fully saturated rings. The van der Waals surface area contributed by atoms with Gasteiger partial charge in [0.1, 0.15) is 16.5 Å². The highest BCUT2D eigenvalue weighted by molar-refractivity contribution is 6.42. The molecule has 0 spiro atoms. The number of nitrogens with zero attached hydrogens (tertiary/aromatic N) is 1. The molecule has 0 unspecified atom stereocenters. The second-order valence-corrected chi connectivity index (χ2v) is 3.89. The largest absolute Gasteiger partial charge is 0.454 e. The van der Waals surface area contributed by atoms with Gasteiger partial charge < -0.3 is 10.5 Å². The number of halogens is 2. The number of pyridine rings is 1. The molecule has 2 aromatic rings. The lowest BCUT2D eigenvalue weighted by molar-refractivity contribution is 0.481. The van der Waals surface area contributed by atoms with Crippen LogP contribution in [0.1, 0.15) is 0 Å². The third-order valence-electron chi connectivity index (χ3n) is 1.88. The molecule has 0 bridgehead atoms. The topological polar surface area (TPSA) is 48.1 Å². The molecule has 0 aliphatic carbocycles. The number of anilines is 1. The van der Waals surface area contributed by atoms with Crippen molar-refractivity contribution in [3.63, 3.8) is 0 Å². The van der Waals surface area contributed by atoms with Gasteiger partial charge in [-0.1, -0.05) is 29.3 Å². The van der Waals surface area contributed by atoms with E-state index in [1.54, 1.807) is 30.5 Å². The lowest BCUT2D eigenvalue weighted by Gasteiger charge is -2.08. The molecule has 1 aromatic heterocycles. The number of aromatic nitrogens is 1. The standard InChI is InChI=1S/C11H8Cl2N2O/c12-9-2-1-3-10(11(9)13)16-8-4-7(14)5-15-6-8/h1-6H,14H2. The lowest BCUT2D eigenvalue weighted by atomic mass is 10.3. The maximum Gasteiger partial charge on any atom is 0.147 e. The molecular formula is C11H8Cl2N2O. The third kappa shape index (κ3) is 2.38. The fraction of sp³-hybridized carbons (Fsp3) is 0. The lowest BCUT2D eigenvalue weighted by Crippen LogP contribution is -1.90. The van der Waals surface area contributed by atoms with E-state index in [4.69, 9.17) is 33.7 Å². The summed E-state index contributed by atoms with van der Waals surface area (Å²) >= 11 is 11.8. The van der Waals surface area contributed by atoms with Gasteiger partial charge in [0.05, 0.1) is 23.1 Å². The van der Waals surface area contributed by atoms with Gasteiger partial charge in [0.25, 0.3) is 0 Å². The minimum Gasteiger partial charge on any atom is -0.454 e. The zero-order valence-corrected chi connectivity index (χ0v) is 9.66. The second-order valence-electron chi connectivity index (χ2n) is 3.11. The van der Waals surface area contributed by atoms with E-state index < -0.39 is 0 Å². The maximum absolute atomic E-state index is 5.97. The Labute approximate surface area is 103 Å². The zero-order chi connectivity index (χ0) is 11.5. The van der Waals surface area contributed by atoms with Crippen LogP contribution in [0.4, 0.5) is 5.69 Å². The molecule has 1 heterocycles. The molecule has 5 heteroatoms. The molecule has 82 valence electrons. The smallest absolute Gasteiger partial charge is 0.147 e. The van der Waals surface area contributed by atoms with Crippen molar-refractivity contribution >= 4 is 28.9 Å². The summed E-state index contributed by atoms with van der Waals surface area (Å²) in [7, 11) is 0. The fourth-order valence-electron chi connectivity index (χ4n) is 1.18. The van der Waals surface area contributed by atoms with Crippen LogP contribution in [0.5, 0.6) is 11.5 Å². The molecule has 0 aliphatic rings. The molecule has 16 heavy (non-hydrogen) atoms. The number of benzene rings is 1. The van der Waals surface area contributed by atoms with Crippen LogP contribution in [0.3, 0.4) is 0 Å². The van der Waals surface area contributed by atoms with Crippen LogP contribution in [0.25, 0.3) is 0 Å². The van der Waals surface area contributed by atoms with Crippen LogP contribution >= 0.6 is 23.2 Å². The first-order chi connectivity index (χ1) is 7.66. The van der Waals surface area contributed by atoms with E-state index in [-0.39, 0.29) is 0 Å². The summed E-state index contributed by atoms with van der Waals surface area (Å²) < 4.78 is 5.51. The Morgan fingerprint density at radius 2 is 2.00 bits per heavy atom. The fourth-order valence-corrected chi connectivity index (χ4v) is 1.51.